The van der Waals surface area contributed by atoms with Crippen LogP contribution in [0.4, 0.5) is 17.2 Å². The highest BCUT2D eigenvalue weighted by atomic mass is 16.4. The monoisotopic (exact) mass is 785 g/mol. The molecule has 15 nitrogen and oxygen atoms in total. The van der Waals surface area contributed by atoms with Crippen LogP contribution in [0.5, 0.6) is 0 Å². The lowest BCUT2D eigenvalue weighted by atomic mass is 10.0. The van der Waals surface area contributed by atoms with Crippen molar-refractivity contribution in [2.45, 2.75) is 32.0 Å². The molecular formula is C44H35N9O6. The van der Waals surface area contributed by atoms with Crippen molar-refractivity contribution in [3.8, 4) is 22.4 Å². The van der Waals surface area contributed by atoms with Crippen LogP contribution in [0.3, 0.4) is 0 Å². The molecule has 1 unspecified atom stereocenters. The van der Waals surface area contributed by atoms with Gasteiger partial charge in [-0.3, -0.25) is 33.8 Å². The average Bonchev–Trinajstić information content (AvgIpc) is 3.92. The zero-order valence-electron chi connectivity index (χ0n) is 31.6. The minimum Gasteiger partial charge on any atom is -0.478 e. The molecule has 0 spiro atoms. The highest BCUT2D eigenvalue weighted by molar-refractivity contribution is 6.25. The Morgan fingerprint density at radius 1 is 0.881 bits per heavy atom. The summed E-state index contributed by atoms with van der Waals surface area (Å²) in [6.07, 6.45) is 3.91. The maximum Gasteiger partial charge on any atom is 0.335 e. The second-order valence-electron chi connectivity index (χ2n) is 14.4. The fraction of sp³-hybridized carbons (Fsp3) is 0.136. The standard InChI is InChI=1S/C44H35N9O6/c1-50(34-9-5-8-33-38(34)43(57)53(42(33)56)35-18-19-37(54)47-41(35)55)24-32-25-51(49-48-32)23-26-10-12-28(13-11-26)39-40(45-31-16-14-29(15-17-31)44(58)59)52-21-20-30(22-36(52)46-39)27-6-3-2-4-7-27/h2-17,20-22,25,35,45H,18-19,23-24H2,1H3,(H,58,59)(H,47,54,55). The third-order valence-electron chi connectivity index (χ3n) is 10.5. The summed E-state index contributed by atoms with van der Waals surface area (Å²) >= 11 is 0. The molecule has 7 aromatic rings. The van der Waals surface area contributed by atoms with Gasteiger partial charge in [-0.2, -0.15) is 0 Å². The normalized spacial score (nSPS) is 15.1. The molecule has 1 atom stereocenters. The number of carbonyl (C=O) groups is 5. The van der Waals surface area contributed by atoms with Crippen molar-refractivity contribution in [1.29, 1.82) is 0 Å². The summed E-state index contributed by atoms with van der Waals surface area (Å²) in [6.45, 7) is 0.711. The highest BCUT2D eigenvalue weighted by Crippen LogP contribution is 2.35. The van der Waals surface area contributed by atoms with Crippen molar-refractivity contribution >= 4 is 52.4 Å². The van der Waals surface area contributed by atoms with Crippen LogP contribution >= 0.6 is 0 Å². The second kappa shape index (κ2) is 14.9. The van der Waals surface area contributed by atoms with E-state index in [1.54, 1.807) is 54.2 Å². The number of amides is 4. The first-order chi connectivity index (χ1) is 28.6. The Bertz CT molecular complexity index is 2810. The van der Waals surface area contributed by atoms with Gasteiger partial charge in [-0.05, 0) is 71.6 Å². The number of imide groups is 2. The van der Waals surface area contributed by atoms with Crippen molar-refractivity contribution in [3.63, 3.8) is 0 Å². The Hall–Kier alpha value is -7.94. The van der Waals surface area contributed by atoms with E-state index in [0.29, 0.717) is 29.3 Å². The zero-order valence-corrected chi connectivity index (χ0v) is 31.6. The van der Waals surface area contributed by atoms with E-state index in [0.717, 1.165) is 38.6 Å². The van der Waals surface area contributed by atoms with Gasteiger partial charge in [0.1, 0.15) is 28.9 Å². The molecule has 1 saturated heterocycles. The van der Waals surface area contributed by atoms with Gasteiger partial charge >= 0.3 is 5.97 Å². The van der Waals surface area contributed by atoms with E-state index < -0.39 is 35.6 Å². The Labute approximate surface area is 336 Å². The van der Waals surface area contributed by atoms with Crippen LogP contribution in [0.1, 0.15) is 55.2 Å². The van der Waals surface area contributed by atoms with Gasteiger partial charge in [0.25, 0.3) is 11.8 Å². The van der Waals surface area contributed by atoms with E-state index in [9.17, 15) is 29.1 Å². The molecule has 5 heterocycles. The average molecular weight is 786 g/mol. The predicted molar refractivity (Wildman–Crippen MR) is 217 cm³/mol. The molecule has 59 heavy (non-hydrogen) atoms. The molecule has 0 aliphatic carbocycles. The van der Waals surface area contributed by atoms with E-state index in [2.05, 4.69) is 20.9 Å². The SMILES string of the molecule is CN(Cc1cn(Cc2ccc(-c3nc4cc(-c5ccccc5)ccn4c3Nc3ccc(C(=O)O)cc3)cc2)nn1)c1cccc2c1C(=O)N(C1CCC(=O)NC1=O)C2=O. The number of carboxylic acids is 1. The topological polar surface area (TPSA) is 184 Å². The van der Waals surface area contributed by atoms with Crippen molar-refractivity contribution in [3.05, 3.63) is 150 Å². The first kappa shape index (κ1) is 36.7. The number of nitrogens with one attached hydrogen (secondary N) is 2. The minimum absolute atomic E-state index is 0.0427. The molecule has 3 aromatic heterocycles. The Morgan fingerprint density at radius 3 is 2.41 bits per heavy atom. The van der Waals surface area contributed by atoms with Gasteiger partial charge in [-0.25, -0.2) is 14.5 Å². The molecule has 3 N–H and O–H groups in total. The number of pyridine rings is 1. The maximum atomic E-state index is 13.6. The number of benzene rings is 4. The number of hydrogen-bond donors (Lipinski definition) is 3. The van der Waals surface area contributed by atoms with Crippen molar-refractivity contribution < 1.29 is 29.1 Å². The molecule has 0 radical (unpaired) electrons. The number of rotatable bonds is 11. The lowest BCUT2D eigenvalue weighted by Gasteiger charge is -2.28. The quantitative estimate of drug-likeness (QED) is 0.135. The molecule has 2 aliphatic rings. The fourth-order valence-electron chi connectivity index (χ4n) is 7.60. The van der Waals surface area contributed by atoms with E-state index in [4.69, 9.17) is 4.98 Å². The number of piperidine rings is 1. The van der Waals surface area contributed by atoms with Crippen molar-refractivity contribution in [2.24, 2.45) is 0 Å². The van der Waals surface area contributed by atoms with Gasteiger partial charge in [-0.15, -0.1) is 5.10 Å². The van der Waals surface area contributed by atoms with Gasteiger partial charge in [0.05, 0.1) is 41.7 Å². The third-order valence-corrected chi connectivity index (χ3v) is 10.5. The fourth-order valence-corrected chi connectivity index (χ4v) is 7.60. The number of nitrogens with zero attached hydrogens (tertiary/aromatic N) is 7. The summed E-state index contributed by atoms with van der Waals surface area (Å²) in [5.74, 6) is -2.51. The molecule has 4 aromatic carbocycles. The van der Waals surface area contributed by atoms with Crippen LogP contribution in [0.2, 0.25) is 0 Å². The predicted octanol–water partition coefficient (Wildman–Crippen LogP) is 5.79. The van der Waals surface area contributed by atoms with Gasteiger partial charge in [0, 0.05) is 30.9 Å². The van der Waals surface area contributed by atoms with E-state index in [-0.39, 0.29) is 36.1 Å². The smallest absolute Gasteiger partial charge is 0.335 e. The van der Waals surface area contributed by atoms with E-state index in [1.807, 2.05) is 88.4 Å². The number of aromatic carboxylic acids is 1. The molecule has 0 saturated carbocycles. The van der Waals surface area contributed by atoms with Crippen molar-refractivity contribution in [2.75, 3.05) is 17.3 Å². The summed E-state index contributed by atoms with van der Waals surface area (Å²) in [6, 6.07) is 32.6. The second-order valence-corrected chi connectivity index (χ2v) is 14.4. The molecule has 2 aliphatic heterocycles. The van der Waals surface area contributed by atoms with Crippen LogP contribution in [0, 0.1) is 0 Å². The van der Waals surface area contributed by atoms with E-state index in [1.165, 1.54) is 0 Å². The number of carbonyl (C=O) groups excluding carboxylic acids is 4. The molecule has 15 heteroatoms. The van der Waals surface area contributed by atoms with E-state index >= 15 is 0 Å². The molecule has 9 rings (SSSR count). The third kappa shape index (κ3) is 6.94. The Balaban J connectivity index is 0.929. The number of hydrogen-bond acceptors (Lipinski definition) is 10. The lowest BCUT2D eigenvalue weighted by Crippen LogP contribution is -2.54. The van der Waals surface area contributed by atoms with Crippen LogP contribution < -0.4 is 15.5 Å². The number of fused-ring (bicyclic) bond motifs is 2. The van der Waals surface area contributed by atoms with Crippen LogP contribution in [-0.4, -0.2) is 77.1 Å². The summed E-state index contributed by atoms with van der Waals surface area (Å²) in [5, 5.41) is 23.8. The summed E-state index contributed by atoms with van der Waals surface area (Å²) in [4.78, 5) is 70.5. The minimum atomic E-state index is -1.05. The number of anilines is 3. The lowest BCUT2D eigenvalue weighted by molar-refractivity contribution is -0.136. The van der Waals surface area contributed by atoms with Crippen LogP contribution in [0.25, 0.3) is 28.0 Å². The molecule has 0 bridgehead atoms. The highest BCUT2D eigenvalue weighted by Gasteiger charge is 2.46. The summed E-state index contributed by atoms with van der Waals surface area (Å²) in [5.41, 5.74) is 7.81. The summed E-state index contributed by atoms with van der Waals surface area (Å²) < 4.78 is 3.69. The van der Waals surface area contributed by atoms with Gasteiger partial charge in [0.15, 0.2) is 0 Å². The number of aromatic nitrogens is 5. The molecule has 1 fully saturated rings. The van der Waals surface area contributed by atoms with Gasteiger partial charge in [-0.1, -0.05) is 65.9 Å². The maximum absolute atomic E-state index is 13.6. The largest absolute Gasteiger partial charge is 0.478 e. The van der Waals surface area contributed by atoms with Crippen LogP contribution in [-0.2, 0) is 22.7 Å². The van der Waals surface area contributed by atoms with Gasteiger partial charge in [0.2, 0.25) is 11.8 Å². The van der Waals surface area contributed by atoms with Gasteiger partial charge < -0.3 is 15.3 Å². The molecule has 4 amide bonds. The zero-order chi connectivity index (χ0) is 40.8. The molecular weight excluding hydrogens is 751 g/mol. The molecule has 292 valence electrons. The Morgan fingerprint density at radius 2 is 1.66 bits per heavy atom. The van der Waals surface area contributed by atoms with Crippen LogP contribution in [0.15, 0.2) is 122 Å². The Kier molecular flexibility index (Phi) is 9.24. The first-order valence-electron chi connectivity index (χ1n) is 18.8. The number of imidazole rings is 1. The first-order valence-corrected chi connectivity index (χ1v) is 18.8. The summed E-state index contributed by atoms with van der Waals surface area (Å²) in [7, 11) is 1.79. The number of carboxylic acid groups (broad SMARTS) is 1. The van der Waals surface area contributed by atoms with Crippen molar-refractivity contribution in [1.82, 2.24) is 34.6 Å².